The first-order chi connectivity index (χ1) is 12.1. The molecular weight excluding hydrogens is 336 g/mol. The van der Waals surface area contributed by atoms with Crippen molar-refractivity contribution in [3.8, 4) is 22.4 Å². The molecule has 1 saturated carbocycles. The Hall–Kier alpha value is -2.80. The number of hydrogen-bond acceptors (Lipinski definition) is 6. The average Bonchev–Trinajstić information content (AvgIpc) is 3.48. The molecule has 7 heteroatoms. The Morgan fingerprint density at radius 3 is 2.20 bits per heavy atom. The van der Waals surface area contributed by atoms with E-state index in [9.17, 15) is 8.42 Å². The molecule has 0 atom stereocenters. The van der Waals surface area contributed by atoms with Crippen molar-refractivity contribution in [3.05, 3.63) is 55.0 Å². The van der Waals surface area contributed by atoms with Crippen LogP contribution in [0.25, 0.3) is 22.4 Å². The van der Waals surface area contributed by atoms with E-state index in [2.05, 4.69) is 15.0 Å². The van der Waals surface area contributed by atoms with Crippen LogP contribution >= 0.6 is 0 Å². The minimum Gasteiger partial charge on any atom is -0.368 e. The maximum Gasteiger partial charge on any atom is 0.219 e. The standard InChI is InChI=1S/C18H16N4O2S/c19-18-21-10-13(11-22-18)16-8-5-12(9-20-16)15-3-1-2-4-17(15)25(23,24)14-6-7-14/h1-5,8-11,14H,6-7H2,(H2,19,21,22). The van der Waals surface area contributed by atoms with Crippen LogP contribution in [-0.2, 0) is 9.84 Å². The van der Waals surface area contributed by atoms with Crippen molar-refractivity contribution in [2.24, 2.45) is 0 Å². The fourth-order valence-electron chi connectivity index (χ4n) is 2.71. The molecule has 25 heavy (non-hydrogen) atoms. The van der Waals surface area contributed by atoms with E-state index in [4.69, 9.17) is 5.73 Å². The molecule has 1 aliphatic carbocycles. The Morgan fingerprint density at radius 2 is 1.56 bits per heavy atom. The number of anilines is 1. The van der Waals surface area contributed by atoms with Crippen molar-refractivity contribution in [3.63, 3.8) is 0 Å². The summed E-state index contributed by atoms with van der Waals surface area (Å²) >= 11 is 0. The first-order valence-electron chi connectivity index (χ1n) is 7.93. The summed E-state index contributed by atoms with van der Waals surface area (Å²) < 4.78 is 25.3. The molecule has 2 aromatic heterocycles. The lowest BCUT2D eigenvalue weighted by Crippen LogP contribution is -2.08. The highest BCUT2D eigenvalue weighted by Crippen LogP contribution is 2.37. The largest absolute Gasteiger partial charge is 0.368 e. The predicted octanol–water partition coefficient (Wildman–Crippen LogP) is 2.72. The fourth-order valence-corrected chi connectivity index (χ4v) is 4.58. The Balaban J connectivity index is 1.73. The van der Waals surface area contributed by atoms with Crippen LogP contribution in [0.2, 0.25) is 0 Å². The van der Waals surface area contributed by atoms with Crippen LogP contribution in [0.5, 0.6) is 0 Å². The molecule has 0 saturated heterocycles. The molecule has 2 heterocycles. The zero-order chi connectivity index (χ0) is 17.4. The summed E-state index contributed by atoms with van der Waals surface area (Å²) in [6, 6.07) is 10.8. The third-order valence-electron chi connectivity index (χ3n) is 4.20. The fraction of sp³-hybridized carbons (Fsp3) is 0.167. The lowest BCUT2D eigenvalue weighted by atomic mass is 10.1. The summed E-state index contributed by atoms with van der Waals surface area (Å²) in [5, 5.41) is -0.243. The van der Waals surface area contributed by atoms with Crippen molar-refractivity contribution < 1.29 is 8.42 Å². The quantitative estimate of drug-likeness (QED) is 0.775. The normalized spacial score (nSPS) is 14.4. The van der Waals surface area contributed by atoms with Crippen LogP contribution in [0, 0.1) is 0 Å². The summed E-state index contributed by atoms with van der Waals surface area (Å²) in [5.74, 6) is 0.208. The molecule has 0 spiro atoms. The molecule has 3 aromatic rings. The lowest BCUT2D eigenvalue weighted by molar-refractivity contribution is 0.595. The van der Waals surface area contributed by atoms with Crippen molar-refractivity contribution in [2.75, 3.05) is 5.73 Å². The third-order valence-corrected chi connectivity index (χ3v) is 6.52. The maximum absolute atomic E-state index is 12.7. The molecular formula is C18H16N4O2S. The molecule has 2 N–H and O–H groups in total. The van der Waals surface area contributed by atoms with E-state index in [1.807, 2.05) is 24.3 Å². The van der Waals surface area contributed by atoms with Gasteiger partial charge in [-0.05, 0) is 25.0 Å². The van der Waals surface area contributed by atoms with Crippen LogP contribution in [0.4, 0.5) is 5.95 Å². The Kier molecular flexibility index (Phi) is 3.73. The highest BCUT2D eigenvalue weighted by Gasteiger charge is 2.38. The molecule has 0 bridgehead atoms. The second kappa shape index (κ2) is 5.93. The van der Waals surface area contributed by atoms with Crippen molar-refractivity contribution >= 4 is 15.8 Å². The zero-order valence-electron chi connectivity index (χ0n) is 13.3. The van der Waals surface area contributed by atoms with Crippen LogP contribution < -0.4 is 5.73 Å². The molecule has 0 amide bonds. The summed E-state index contributed by atoms with van der Waals surface area (Å²) in [6.07, 6.45) is 6.37. The molecule has 126 valence electrons. The number of hydrogen-bond donors (Lipinski definition) is 1. The number of aromatic nitrogens is 3. The van der Waals surface area contributed by atoms with E-state index in [0.717, 1.165) is 24.0 Å². The predicted molar refractivity (Wildman–Crippen MR) is 95.3 cm³/mol. The Labute approximate surface area is 145 Å². The summed E-state index contributed by atoms with van der Waals surface area (Å²) in [7, 11) is -3.27. The Morgan fingerprint density at radius 1 is 0.880 bits per heavy atom. The monoisotopic (exact) mass is 352 g/mol. The van der Waals surface area contributed by atoms with Crippen LogP contribution in [0.1, 0.15) is 12.8 Å². The average molecular weight is 352 g/mol. The highest BCUT2D eigenvalue weighted by atomic mass is 32.2. The minimum atomic E-state index is -3.27. The van der Waals surface area contributed by atoms with Gasteiger partial charge in [0.2, 0.25) is 5.95 Å². The molecule has 0 radical (unpaired) electrons. The number of nitrogens with two attached hydrogens (primary N) is 1. The van der Waals surface area contributed by atoms with Gasteiger partial charge < -0.3 is 5.73 Å². The van der Waals surface area contributed by atoms with E-state index in [1.165, 1.54) is 0 Å². The molecule has 4 rings (SSSR count). The molecule has 0 unspecified atom stereocenters. The number of sulfone groups is 1. The van der Waals surface area contributed by atoms with Gasteiger partial charge in [-0.3, -0.25) is 4.98 Å². The van der Waals surface area contributed by atoms with Gasteiger partial charge in [-0.2, -0.15) is 0 Å². The van der Waals surface area contributed by atoms with E-state index in [0.29, 0.717) is 16.2 Å². The minimum absolute atomic E-state index is 0.208. The Bertz CT molecular complexity index is 1010. The van der Waals surface area contributed by atoms with E-state index in [-0.39, 0.29) is 11.2 Å². The van der Waals surface area contributed by atoms with E-state index < -0.39 is 9.84 Å². The molecule has 1 aromatic carbocycles. The van der Waals surface area contributed by atoms with Crippen LogP contribution in [0.15, 0.2) is 59.9 Å². The first kappa shape index (κ1) is 15.7. The van der Waals surface area contributed by atoms with Crippen molar-refractivity contribution in [1.29, 1.82) is 0 Å². The number of nitrogens with zero attached hydrogens (tertiary/aromatic N) is 3. The zero-order valence-corrected chi connectivity index (χ0v) is 14.1. The SMILES string of the molecule is Nc1ncc(-c2ccc(-c3ccccc3S(=O)(=O)C3CC3)cn2)cn1. The number of benzene rings is 1. The lowest BCUT2D eigenvalue weighted by Gasteiger charge is -2.10. The van der Waals surface area contributed by atoms with E-state index >= 15 is 0 Å². The van der Waals surface area contributed by atoms with Crippen molar-refractivity contribution in [2.45, 2.75) is 23.0 Å². The van der Waals surface area contributed by atoms with Gasteiger partial charge in [-0.25, -0.2) is 18.4 Å². The molecule has 0 aliphatic heterocycles. The third kappa shape index (κ3) is 2.98. The number of rotatable bonds is 4. The second-order valence-corrected chi connectivity index (χ2v) is 8.20. The van der Waals surface area contributed by atoms with Gasteiger partial charge >= 0.3 is 0 Å². The molecule has 1 aliphatic rings. The van der Waals surface area contributed by atoms with Crippen LogP contribution in [-0.4, -0.2) is 28.6 Å². The van der Waals surface area contributed by atoms with E-state index in [1.54, 1.807) is 30.7 Å². The van der Waals surface area contributed by atoms with Crippen molar-refractivity contribution in [1.82, 2.24) is 15.0 Å². The number of nitrogen functional groups attached to an aromatic ring is 1. The van der Waals surface area contributed by atoms with Crippen LogP contribution in [0.3, 0.4) is 0 Å². The molecule has 1 fully saturated rings. The van der Waals surface area contributed by atoms with Gasteiger partial charge in [0.25, 0.3) is 0 Å². The summed E-state index contributed by atoms with van der Waals surface area (Å²) in [5.41, 5.74) is 8.39. The maximum atomic E-state index is 12.7. The smallest absolute Gasteiger partial charge is 0.219 e. The van der Waals surface area contributed by atoms with Gasteiger partial charge in [0.05, 0.1) is 15.8 Å². The number of pyridine rings is 1. The van der Waals surface area contributed by atoms with Gasteiger partial charge in [-0.15, -0.1) is 0 Å². The second-order valence-electron chi connectivity index (χ2n) is 6.00. The first-order valence-corrected chi connectivity index (χ1v) is 9.47. The molecule has 6 nitrogen and oxygen atoms in total. The van der Waals surface area contributed by atoms with Gasteiger partial charge in [0, 0.05) is 35.3 Å². The van der Waals surface area contributed by atoms with Gasteiger partial charge in [0.1, 0.15) is 0 Å². The summed E-state index contributed by atoms with van der Waals surface area (Å²) in [6.45, 7) is 0. The van der Waals surface area contributed by atoms with Gasteiger partial charge in [-0.1, -0.05) is 24.3 Å². The summed E-state index contributed by atoms with van der Waals surface area (Å²) in [4.78, 5) is 12.7. The van der Waals surface area contributed by atoms with Gasteiger partial charge in [0.15, 0.2) is 9.84 Å². The topological polar surface area (TPSA) is 98.8 Å². The highest BCUT2D eigenvalue weighted by molar-refractivity contribution is 7.92.